The summed E-state index contributed by atoms with van der Waals surface area (Å²) >= 11 is 0. The molecule has 1 heterocycles. The van der Waals surface area contributed by atoms with Crippen molar-refractivity contribution in [2.45, 2.75) is 45.4 Å². The average molecular weight is 239 g/mol. The number of aliphatic carboxylic acids is 1. The van der Waals surface area contributed by atoms with Crippen molar-refractivity contribution >= 4 is 11.9 Å². The number of amides is 1. The molecule has 1 saturated heterocycles. The minimum atomic E-state index is -0.762. The van der Waals surface area contributed by atoms with Gasteiger partial charge in [-0.25, -0.2) is 0 Å². The first-order chi connectivity index (χ1) is 8.09. The predicted molar refractivity (Wildman–Crippen MR) is 63.5 cm³/mol. The number of nitrogens with zero attached hydrogens (tertiary/aromatic N) is 1. The lowest BCUT2D eigenvalue weighted by atomic mass is 9.66. The number of likely N-dealkylation sites (tertiary alicyclic amines) is 1. The summed E-state index contributed by atoms with van der Waals surface area (Å²) in [7, 11) is 0. The number of carbonyl (C=O) groups is 2. The van der Waals surface area contributed by atoms with Gasteiger partial charge in [-0.15, -0.1) is 0 Å². The molecule has 1 N–H and O–H groups in total. The van der Waals surface area contributed by atoms with Crippen molar-refractivity contribution in [2.24, 2.45) is 11.3 Å². The van der Waals surface area contributed by atoms with Crippen LogP contribution in [0.3, 0.4) is 0 Å². The van der Waals surface area contributed by atoms with Crippen LogP contribution in [0.2, 0.25) is 0 Å². The lowest BCUT2D eigenvalue weighted by Gasteiger charge is -2.44. The quantitative estimate of drug-likeness (QED) is 0.818. The first kappa shape index (κ1) is 12.4. The molecule has 1 amide bonds. The van der Waals surface area contributed by atoms with Gasteiger partial charge in [-0.05, 0) is 32.1 Å². The Bertz CT molecular complexity index is 317. The maximum absolute atomic E-state index is 12.4. The molecule has 2 fully saturated rings. The molecular formula is C13H21NO3. The molecule has 1 aliphatic heterocycles. The SMILES string of the molecule is CCC1(C(=O)N2CCC[C@H](C(=O)O)C2)CCC1. The number of piperidine rings is 1. The van der Waals surface area contributed by atoms with Gasteiger partial charge in [-0.2, -0.15) is 0 Å². The highest BCUT2D eigenvalue weighted by Crippen LogP contribution is 2.45. The van der Waals surface area contributed by atoms with E-state index >= 15 is 0 Å². The van der Waals surface area contributed by atoms with Crippen molar-refractivity contribution in [2.75, 3.05) is 13.1 Å². The van der Waals surface area contributed by atoms with E-state index in [1.807, 2.05) is 0 Å². The van der Waals surface area contributed by atoms with Crippen LogP contribution >= 0.6 is 0 Å². The standard InChI is InChI=1S/C13H21NO3/c1-2-13(6-4-7-13)12(17)14-8-3-5-10(9-14)11(15)16/h10H,2-9H2,1H3,(H,15,16)/t10-/m0/s1. The fourth-order valence-corrected chi connectivity index (χ4v) is 3.02. The molecule has 0 aromatic carbocycles. The fourth-order valence-electron chi connectivity index (χ4n) is 3.02. The van der Waals surface area contributed by atoms with Crippen LogP contribution in [0.4, 0.5) is 0 Å². The molecule has 4 nitrogen and oxygen atoms in total. The zero-order valence-corrected chi connectivity index (χ0v) is 10.4. The van der Waals surface area contributed by atoms with Crippen molar-refractivity contribution in [3.63, 3.8) is 0 Å². The van der Waals surface area contributed by atoms with Gasteiger partial charge in [0.1, 0.15) is 0 Å². The topological polar surface area (TPSA) is 57.6 Å². The molecular weight excluding hydrogens is 218 g/mol. The van der Waals surface area contributed by atoms with Crippen LogP contribution in [0.25, 0.3) is 0 Å². The van der Waals surface area contributed by atoms with Crippen LogP contribution < -0.4 is 0 Å². The monoisotopic (exact) mass is 239 g/mol. The van der Waals surface area contributed by atoms with Crippen LogP contribution in [0.1, 0.15) is 45.4 Å². The van der Waals surface area contributed by atoms with E-state index in [9.17, 15) is 9.59 Å². The first-order valence-electron chi connectivity index (χ1n) is 6.61. The largest absolute Gasteiger partial charge is 0.481 e. The second-order valence-electron chi connectivity index (χ2n) is 5.42. The molecule has 0 spiro atoms. The second kappa shape index (κ2) is 4.67. The summed E-state index contributed by atoms with van der Waals surface area (Å²) in [5.41, 5.74) is -0.152. The maximum atomic E-state index is 12.4. The Morgan fingerprint density at radius 3 is 2.53 bits per heavy atom. The fraction of sp³-hybridized carbons (Fsp3) is 0.846. The van der Waals surface area contributed by atoms with Crippen LogP contribution in [0.5, 0.6) is 0 Å². The van der Waals surface area contributed by atoms with Gasteiger partial charge >= 0.3 is 5.97 Å². The summed E-state index contributed by atoms with van der Waals surface area (Å²) in [6.45, 7) is 3.22. The van der Waals surface area contributed by atoms with Crippen molar-refractivity contribution in [1.82, 2.24) is 4.90 Å². The molecule has 96 valence electrons. The Hall–Kier alpha value is -1.06. The molecule has 2 rings (SSSR count). The number of carboxylic acid groups (broad SMARTS) is 1. The van der Waals surface area contributed by atoms with Gasteiger partial charge in [0.25, 0.3) is 0 Å². The minimum Gasteiger partial charge on any atom is -0.481 e. The molecule has 1 aliphatic carbocycles. The summed E-state index contributed by atoms with van der Waals surface area (Å²) in [4.78, 5) is 25.2. The summed E-state index contributed by atoms with van der Waals surface area (Å²) in [5.74, 6) is -0.916. The minimum absolute atomic E-state index is 0.152. The number of hydrogen-bond acceptors (Lipinski definition) is 2. The highest BCUT2D eigenvalue weighted by molar-refractivity contribution is 5.84. The van der Waals surface area contributed by atoms with E-state index < -0.39 is 5.97 Å². The van der Waals surface area contributed by atoms with E-state index in [-0.39, 0.29) is 17.2 Å². The van der Waals surface area contributed by atoms with Crippen LogP contribution in [-0.2, 0) is 9.59 Å². The summed E-state index contributed by atoms with van der Waals surface area (Å²) in [6, 6.07) is 0. The Kier molecular flexibility index (Phi) is 3.40. The molecule has 0 bridgehead atoms. The highest BCUT2D eigenvalue weighted by Gasteiger charge is 2.45. The van der Waals surface area contributed by atoms with Crippen LogP contribution in [-0.4, -0.2) is 35.0 Å². The Balaban J connectivity index is 2.02. The highest BCUT2D eigenvalue weighted by atomic mass is 16.4. The molecule has 4 heteroatoms. The maximum Gasteiger partial charge on any atom is 0.308 e. The van der Waals surface area contributed by atoms with E-state index in [1.54, 1.807) is 4.90 Å². The van der Waals surface area contributed by atoms with Gasteiger partial charge in [-0.3, -0.25) is 9.59 Å². The summed E-state index contributed by atoms with van der Waals surface area (Å²) < 4.78 is 0. The zero-order valence-electron chi connectivity index (χ0n) is 10.4. The lowest BCUT2D eigenvalue weighted by Crippen LogP contribution is -2.51. The third-order valence-corrected chi connectivity index (χ3v) is 4.50. The van der Waals surface area contributed by atoms with Crippen molar-refractivity contribution in [3.8, 4) is 0 Å². The first-order valence-corrected chi connectivity index (χ1v) is 6.61. The molecule has 17 heavy (non-hydrogen) atoms. The van der Waals surface area contributed by atoms with Crippen molar-refractivity contribution in [3.05, 3.63) is 0 Å². The third kappa shape index (κ3) is 2.17. The normalized spacial score (nSPS) is 27.4. The van der Waals surface area contributed by atoms with Gasteiger partial charge in [0.2, 0.25) is 5.91 Å². The Morgan fingerprint density at radius 2 is 2.06 bits per heavy atom. The zero-order chi connectivity index (χ0) is 12.5. The van der Waals surface area contributed by atoms with E-state index in [1.165, 1.54) is 0 Å². The van der Waals surface area contributed by atoms with Gasteiger partial charge in [0.05, 0.1) is 5.92 Å². The Morgan fingerprint density at radius 1 is 1.35 bits per heavy atom. The average Bonchev–Trinajstić information content (AvgIpc) is 2.28. The number of hydrogen-bond donors (Lipinski definition) is 1. The Labute approximate surface area is 102 Å². The van der Waals surface area contributed by atoms with Gasteiger partial charge in [0.15, 0.2) is 0 Å². The molecule has 0 unspecified atom stereocenters. The smallest absolute Gasteiger partial charge is 0.308 e. The number of carbonyl (C=O) groups excluding carboxylic acids is 1. The van der Waals surface area contributed by atoms with Crippen molar-refractivity contribution in [1.29, 1.82) is 0 Å². The van der Waals surface area contributed by atoms with Crippen LogP contribution in [0, 0.1) is 11.3 Å². The molecule has 1 saturated carbocycles. The molecule has 0 radical (unpaired) electrons. The number of carboxylic acids is 1. The third-order valence-electron chi connectivity index (χ3n) is 4.50. The van der Waals surface area contributed by atoms with Crippen molar-refractivity contribution < 1.29 is 14.7 Å². The van der Waals surface area contributed by atoms with E-state index in [0.717, 1.165) is 38.6 Å². The van der Waals surface area contributed by atoms with Gasteiger partial charge in [0, 0.05) is 18.5 Å². The van der Waals surface area contributed by atoms with Crippen LogP contribution in [0.15, 0.2) is 0 Å². The van der Waals surface area contributed by atoms with E-state index in [4.69, 9.17) is 5.11 Å². The van der Waals surface area contributed by atoms with Gasteiger partial charge < -0.3 is 10.0 Å². The molecule has 1 atom stereocenters. The molecule has 0 aromatic heterocycles. The summed E-state index contributed by atoms with van der Waals surface area (Å²) in [6.07, 6.45) is 5.52. The predicted octanol–water partition coefficient (Wildman–Crippen LogP) is 1.89. The van der Waals surface area contributed by atoms with E-state index in [0.29, 0.717) is 13.0 Å². The molecule has 0 aromatic rings. The number of rotatable bonds is 3. The van der Waals surface area contributed by atoms with E-state index in [2.05, 4.69) is 6.92 Å². The summed E-state index contributed by atoms with van der Waals surface area (Å²) in [5, 5.41) is 9.03. The lowest BCUT2D eigenvalue weighted by molar-refractivity contribution is -0.153. The van der Waals surface area contributed by atoms with Gasteiger partial charge in [-0.1, -0.05) is 13.3 Å². The molecule has 2 aliphatic rings. The second-order valence-corrected chi connectivity index (χ2v) is 5.42.